The Kier molecular flexibility index (Phi) is 4.46. The second-order valence-electron chi connectivity index (χ2n) is 4.55. The van der Waals surface area contributed by atoms with Crippen LogP contribution in [0.25, 0.3) is 16.7 Å². The van der Waals surface area contributed by atoms with Crippen molar-refractivity contribution in [2.75, 3.05) is 5.73 Å². The Balaban J connectivity index is 2.40. The smallest absolute Gasteiger partial charge is 0.0394 e. The molecule has 0 radical (unpaired) electrons. The second kappa shape index (κ2) is 6.48. The maximum Gasteiger partial charge on any atom is 0.0394 e. The minimum atomic E-state index is 0.661. The number of benzene rings is 1. The van der Waals surface area contributed by atoms with Crippen LogP contribution in [-0.4, -0.2) is 11.7 Å². The first-order valence-electron chi connectivity index (χ1n) is 6.44. The molecule has 0 unspecified atom stereocenters. The van der Waals surface area contributed by atoms with Crippen LogP contribution in [0.4, 0.5) is 5.69 Å². The molecule has 21 heavy (non-hydrogen) atoms. The van der Waals surface area contributed by atoms with Gasteiger partial charge in [0.25, 0.3) is 0 Å². The predicted molar refractivity (Wildman–Crippen MR) is 90.9 cm³/mol. The van der Waals surface area contributed by atoms with Crippen LogP contribution in [0.3, 0.4) is 0 Å². The monoisotopic (exact) mass is 275 g/mol. The molecule has 2 rings (SSSR count). The van der Waals surface area contributed by atoms with Crippen molar-refractivity contribution in [3.8, 4) is 11.1 Å². The molecule has 0 aliphatic heterocycles. The highest BCUT2D eigenvalue weighted by atomic mass is 14.6. The number of anilines is 1. The number of hydrogen-bond acceptors (Lipinski definition) is 3. The van der Waals surface area contributed by atoms with Crippen LogP contribution in [0.5, 0.6) is 0 Å². The third-order valence-electron chi connectivity index (χ3n) is 3.14. The van der Waals surface area contributed by atoms with Crippen LogP contribution in [0, 0.1) is 0 Å². The van der Waals surface area contributed by atoms with Gasteiger partial charge in [0, 0.05) is 35.4 Å². The van der Waals surface area contributed by atoms with Gasteiger partial charge in [-0.05, 0) is 47.7 Å². The van der Waals surface area contributed by atoms with Crippen LogP contribution in [0.15, 0.2) is 78.7 Å². The van der Waals surface area contributed by atoms with Crippen LogP contribution >= 0.6 is 0 Å². The molecule has 2 aromatic rings. The summed E-state index contributed by atoms with van der Waals surface area (Å²) in [6.07, 6.45) is 6.89. The minimum absolute atomic E-state index is 0.661. The Morgan fingerprint density at radius 3 is 2.67 bits per heavy atom. The summed E-state index contributed by atoms with van der Waals surface area (Å²) in [5.41, 5.74) is 11.1. The molecule has 0 aliphatic carbocycles. The summed E-state index contributed by atoms with van der Waals surface area (Å²) in [7, 11) is 0. The Hall–Kier alpha value is -2.94. The lowest BCUT2D eigenvalue weighted by atomic mass is 9.95. The quantitative estimate of drug-likeness (QED) is 0.507. The lowest BCUT2D eigenvalue weighted by Crippen LogP contribution is -1.95. The SMILES string of the molecule is C=N/C=C\C(=C)C(=C)c1cc(-c2cccnc2)ccc1N. The molecule has 2 N–H and O–H groups in total. The Labute approximate surface area is 124 Å². The highest BCUT2D eigenvalue weighted by Gasteiger charge is 2.08. The van der Waals surface area contributed by atoms with Crippen molar-refractivity contribution in [2.24, 2.45) is 4.99 Å². The van der Waals surface area contributed by atoms with E-state index in [1.54, 1.807) is 18.5 Å². The summed E-state index contributed by atoms with van der Waals surface area (Å²) in [5, 5.41) is 0. The first-order chi connectivity index (χ1) is 10.1. The van der Waals surface area contributed by atoms with Gasteiger partial charge in [0.1, 0.15) is 0 Å². The topological polar surface area (TPSA) is 51.3 Å². The number of aromatic nitrogens is 1. The molecule has 1 heterocycles. The van der Waals surface area contributed by atoms with E-state index in [4.69, 9.17) is 5.73 Å². The highest BCUT2D eigenvalue weighted by molar-refractivity contribution is 5.87. The van der Waals surface area contributed by atoms with Gasteiger partial charge in [0.15, 0.2) is 0 Å². The standard InChI is InChI=1S/C18H17N3/c1-13(8-10-20-3)14(2)17-11-15(6-7-18(17)19)16-5-4-9-21-12-16/h4-12H,1-3,19H2/b10-8-. The number of aliphatic imine (C=N–C) groups is 1. The average Bonchev–Trinajstić information content (AvgIpc) is 2.53. The molecule has 0 atom stereocenters. The van der Waals surface area contributed by atoms with E-state index >= 15 is 0 Å². The van der Waals surface area contributed by atoms with Crippen LogP contribution in [0.1, 0.15) is 5.56 Å². The maximum atomic E-state index is 6.06. The zero-order chi connectivity index (χ0) is 15.2. The molecule has 0 saturated carbocycles. The van der Waals surface area contributed by atoms with E-state index in [1.807, 2.05) is 36.5 Å². The van der Waals surface area contributed by atoms with Gasteiger partial charge in [-0.1, -0.05) is 25.3 Å². The molecule has 1 aromatic carbocycles. The number of allylic oxidation sites excluding steroid dienone is 3. The summed E-state index contributed by atoms with van der Waals surface area (Å²) in [5.74, 6) is 0. The molecule has 0 saturated heterocycles. The highest BCUT2D eigenvalue weighted by Crippen LogP contribution is 2.30. The summed E-state index contributed by atoms with van der Waals surface area (Å²) >= 11 is 0. The predicted octanol–water partition coefficient (Wildman–Crippen LogP) is 4.11. The van der Waals surface area contributed by atoms with Gasteiger partial charge in [0.05, 0.1) is 0 Å². The molecule has 0 fully saturated rings. The van der Waals surface area contributed by atoms with Crippen molar-refractivity contribution in [2.45, 2.75) is 0 Å². The van der Waals surface area contributed by atoms with Gasteiger partial charge < -0.3 is 5.73 Å². The van der Waals surface area contributed by atoms with Crippen molar-refractivity contribution in [1.82, 2.24) is 4.98 Å². The normalized spacial score (nSPS) is 10.5. The van der Waals surface area contributed by atoms with E-state index in [-0.39, 0.29) is 0 Å². The largest absolute Gasteiger partial charge is 0.398 e. The van der Waals surface area contributed by atoms with Gasteiger partial charge in [0.2, 0.25) is 0 Å². The van der Waals surface area contributed by atoms with Crippen molar-refractivity contribution >= 4 is 18.0 Å². The maximum absolute atomic E-state index is 6.06. The van der Waals surface area contributed by atoms with Crippen molar-refractivity contribution in [1.29, 1.82) is 0 Å². The number of nitrogen functional groups attached to an aromatic ring is 1. The first-order valence-corrected chi connectivity index (χ1v) is 6.44. The van der Waals surface area contributed by atoms with Gasteiger partial charge in [-0.25, -0.2) is 0 Å². The molecule has 0 aliphatic rings. The van der Waals surface area contributed by atoms with E-state index in [0.29, 0.717) is 5.69 Å². The van der Waals surface area contributed by atoms with E-state index in [1.165, 1.54) is 0 Å². The Bertz CT molecular complexity index is 712. The molecule has 104 valence electrons. The van der Waals surface area contributed by atoms with Crippen molar-refractivity contribution in [3.63, 3.8) is 0 Å². The number of nitrogens with two attached hydrogens (primary N) is 1. The number of nitrogens with zero attached hydrogens (tertiary/aromatic N) is 2. The van der Waals surface area contributed by atoms with E-state index in [2.05, 4.69) is 29.9 Å². The third kappa shape index (κ3) is 3.34. The molecular formula is C18H17N3. The summed E-state index contributed by atoms with van der Waals surface area (Å²) in [6, 6.07) is 9.73. The fraction of sp³-hybridized carbons (Fsp3) is 0. The second-order valence-corrected chi connectivity index (χ2v) is 4.55. The van der Waals surface area contributed by atoms with Gasteiger partial charge >= 0.3 is 0 Å². The molecule has 0 bridgehead atoms. The Morgan fingerprint density at radius 1 is 1.19 bits per heavy atom. The molecule has 0 amide bonds. The number of pyridine rings is 1. The van der Waals surface area contributed by atoms with Crippen LogP contribution in [0.2, 0.25) is 0 Å². The van der Waals surface area contributed by atoms with Gasteiger partial charge in [-0.15, -0.1) is 0 Å². The molecule has 0 spiro atoms. The molecule has 3 nitrogen and oxygen atoms in total. The van der Waals surface area contributed by atoms with Gasteiger partial charge in [-0.2, -0.15) is 0 Å². The molecule has 1 aromatic heterocycles. The lowest BCUT2D eigenvalue weighted by molar-refractivity contribution is 1.33. The zero-order valence-corrected chi connectivity index (χ0v) is 11.8. The van der Waals surface area contributed by atoms with Crippen molar-refractivity contribution < 1.29 is 0 Å². The van der Waals surface area contributed by atoms with E-state index in [9.17, 15) is 0 Å². The Morgan fingerprint density at radius 2 is 2.00 bits per heavy atom. The number of hydrogen-bond donors (Lipinski definition) is 1. The lowest BCUT2D eigenvalue weighted by Gasteiger charge is -2.11. The van der Waals surface area contributed by atoms with Crippen LogP contribution in [-0.2, 0) is 0 Å². The molecule has 3 heteroatoms. The zero-order valence-electron chi connectivity index (χ0n) is 11.8. The average molecular weight is 275 g/mol. The summed E-state index contributed by atoms with van der Waals surface area (Å²) < 4.78 is 0. The first kappa shape index (κ1) is 14.5. The van der Waals surface area contributed by atoms with E-state index in [0.717, 1.165) is 27.8 Å². The fourth-order valence-corrected chi connectivity index (χ4v) is 1.95. The fourth-order valence-electron chi connectivity index (χ4n) is 1.95. The third-order valence-corrected chi connectivity index (χ3v) is 3.14. The van der Waals surface area contributed by atoms with Gasteiger partial charge in [-0.3, -0.25) is 9.98 Å². The molecular weight excluding hydrogens is 258 g/mol. The van der Waals surface area contributed by atoms with E-state index < -0.39 is 0 Å². The van der Waals surface area contributed by atoms with Crippen LogP contribution < -0.4 is 5.73 Å². The summed E-state index contributed by atoms with van der Waals surface area (Å²) in [6.45, 7) is 11.4. The summed E-state index contributed by atoms with van der Waals surface area (Å²) in [4.78, 5) is 7.80. The minimum Gasteiger partial charge on any atom is -0.398 e. The van der Waals surface area contributed by atoms with Crippen molar-refractivity contribution in [3.05, 3.63) is 79.3 Å². The number of rotatable bonds is 5.